The van der Waals surface area contributed by atoms with Crippen molar-refractivity contribution in [2.75, 3.05) is 39.8 Å². The Morgan fingerprint density at radius 1 is 1.08 bits per heavy atom. The summed E-state index contributed by atoms with van der Waals surface area (Å²) in [6.45, 7) is 12.0. The monoisotopic (exact) mass is 354 g/mol. The van der Waals surface area contributed by atoms with Crippen LogP contribution in [-0.2, 0) is 10.0 Å². The second kappa shape index (κ2) is 7.85. The zero-order valence-corrected chi connectivity index (χ0v) is 16.3. The van der Waals surface area contributed by atoms with Crippen LogP contribution < -0.4 is 4.74 Å². The molecule has 0 bridgehead atoms. The van der Waals surface area contributed by atoms with Crippen molar-refractivity contribution in [2.45, 2.75) is 39.0 Å². The Kier molecular flexibility index (Phi) is 6.28. The van der Waals surface area contributed by atoms with Crippen molar-refractivity contribution in [2.24, 2.45) is 5.92 Å². The normalized spacial score (nSPS) is 17.4. The quantitative estimate of drug-likeness (QED) is 0.788. The molecule has 0 radical (unpaired) electrons. The van der Waals surface area contributed by atoms with Gasteiger partial charge in [-0.2, -0.15) is 4.31 Å². The number of hydrogen-bond donors (Lipinski definition) is 0. The Bertz CT molecular complexity index is 663. The molecule has 1 aromatic carbocycles. The van der Waals surface area contributed by atoms with Crippen LogP contribution in [0.2, 0.25) is 0 Å². The molecule has 0 saturated carbocycles. The first-order chi connectivity index (χ1) is 11.3. The first kappa shape index (κ1) is 19.2. The van der Waals surface area contributed by atoms with E-state index in [1.165, 1.54) is 7.11 Å². The summed E-state index contributed by atoms with van der Waals surface area (Å²) in [6, 6.07) is 3.54. The Morgan fingerprint density at radius 2 is 1.67 bits per heavy atom. The number of rotatable bonds is 6. The Labute approximate surface area is 146 Å². The van der Waals surface area contributed by atoms with E-state index in [4.69, 9.17) is 4.74 Å². The first-order valence-electron chi connectivity index (χ1n) is 8.63. The predicted molar refractivity (Wildman–Crippen MR) is 97.1 cm³/mol. The zero-order valence-electron chi connectivity index (χ0n) is 15.5. The van der Waals surface area contributed by atoms with Crippen molar-refractivity contribution in [3.8, 4) is 5.75 Å². The van der Waals surface area contributed by atoms with E-state index < -0.39 is 10.0 Å². The van der Waals surface area contributed by atoms with Crippen molar-refractivity contribution >= 4 is 10.0 Å². The smallest absolute Gasteiger partial charge is 0.246 e. The van der Waals surface area contributed by atoms with Gasteiger partial charge in [-0.1, -0.05) is 13.8 Å². The number of hydrogen-bond acceptors (Lipinski definition) is 4. The molecule has 5 nitrogen and oxygen atoms in total. The molecule has 136 valence electrons. The minimum atomic E-state index is -3.52. The third-order valence-electron chi connectivity index (χ3n) is 4.75. The van der Waals surface area contributed by atoms with Crippen LogP contribution >= 0.6 is 0 Å². The lowest BCUT2D eigenvalue weighted by molar-refractivity contribution is 0.180. The molecule has 2 rings (SSSR count). The lowest BCUT2D eigenvalue weighted by Gasteiger charge is -2.34. The summed E-state index contributed by atoms with van der Waals surface area (Å²) in [6.07, 6.45) is 1.15. The molecular weight excluding hydrogens is 324 g/mol. The second-order valence-corrected chi connectivity index (χ2v) is 8.92. The fourth-order valence-corrected chi connectivity index (χ4v) is 4.54. The van der Waals surface area contributed by atoms with Crippen LogP contribution in [0.15, 0.2) is 17.0 Å². The van der Waals surface area contributed by atoms with E-state index in [1.807, 2.05) is 13.8 Å². The molecule has 1 aromatic rings. The summed E-state index contributed by atoms with van der Waals surface area (Å²) in [5.41, 5.74) is 1.99. The maximum atomic E-state index is 13.0. The highest BCUT2D eigenvalue weighted by Gasteiger charge is 2.31. The van der Waals surface area contributed by atoms with Gasteiger partial charge in [-0.3, -0.25) is 0 Å². The van der Waals surface area contributed by atoms with Gasteiger partial charge in [0, 0.05) is 26.2 Å². The predicted octanol–water partition coefficient (Wildman–Crippen LogP) is 2.66. The van der Waals surface area contributed by atoms with Gasteiger partial charge in [0.1, 0.15) is 10.6 Å². The number of nitrogens with zero attached hydrogens (tertiary/aromatic N) is 2. The number of sulfonamides is 1. The van der Waals surface area contributed by atoms with Crippen LogP contribution in [0.4, 0.5) is 0 Å². The van der Waals surface area contributed by atoms with E-state index in [0.717, 1.165) is 37.2 Å². The van der Waals surface area contributed by atoms with E-state index in [-0.39, 0.29) is 4.90 Å². The van der Waals surface area contributed by atoms with Gasteiger partial charge in [-0.05, 0) is 56.0 Å². The van der Waals surface area contributed by atoms with Crippen molar-refractivity contribution in [3.63, 3.8) is 0 Å². The first-order valence-corrected chi connectivity index (χ1v) is 10.1. The highest BCUT2D eigenvalue weighted by molar-refractivity contribution is 7.89. The summed E-state index contributed by atoms with van der Waals surface area (Å²) in [7, 11) is -2.00. The highest BCUT2D eigenvalue weighted by Crippen LogP contribution is 2.30. The molecule has 6 heteroatoms. The molecule has 0 atom stereocenters. The van der Waals surface area contributed by atoms with Gasteiger partial charge in [0.05, 0.1) is 7.11 Å². The molecule has 0 aromatic heterocycles. The molecule has 1 aliphatic rings. The van der Waals surface area contributed by atoms with Gasteiger partial charge < -0.3 is 9.64 Å². The number of benzene rings is 1. The molecule has 1 saturated heterocycles. The molecule has 24 heavy (non-hydrogen) atoms. The molecule has 1 fully saturated rings. The van der Waals surface area contributed by atoms with Crippen LogP contribution in [0.1, 0.15) is 31.4 Å². The largest absolute Gasteiger partial charge is 0.495 e. The maximum absolute atomic E-state index is 13.0. The molecule has 1 heterocycles. The van der Waals surface area contributed by atoms with E-state index in [2.05, 4.69) is 18.7 Å². The lowest BCUT2D eigenvalue weighted by Crippen LogP contribution is -2.48. The Hall–Kier alpha value is -1.11. The van der Waals surface area contributed by atoms with Crippen molar-refractivity contribution in [1.82, 2.24) is 9.21 Å². The molecule has 0 aliphatic carbocycles. The van der Waals surface area contributed by atoms with Crippen LogP contribution in [-0.4, -0.2) is 57.5 Å². The number of aryl methyl sites for hydroxylation is 2. The fraction of sp³-hybridized carbons (Fsp3) is 0.667. The minimum Gasteiger partial charge on any atom is -0.495 e. The summed E-state index contributed by atoms with van der Waals surface area (Å²) < 4.78 is 33.0. The molecule has 0 unspecified atom stereocenters. The molecule has 0 N–H and O–H groups in total. The average molecular weight is 355 g/mol. The summed E-state index contributed by atoms with van der Waals surface area (Å²) in [5.74, 6) is 1.10. The maximum Gasteiger partial charge on any atom is 0.246 e. The zero-order chi connectivity index (χ0) is 17.9. The van der Waals surface area contributed by atoms with E-state index >= 15 is 0 Å². The average Bonchev–Trinajstić information content (AvgIpc) is 2.55. The number of ether oxygens (including phenoxy) is 1. The minimum absolute atomic E-state index is 0.281. The van der Waals surface area contributed by atoms with Gasteiger partial charge in [0.2, 0.25) is 10.0 Å². The van der Waals surface area contributed by atoms with Gasteiger partial charge in [0.25, 0.3) is 0 Å². The second-order valence-electron chi connectivity index (χ2n) is 7.02. The number of methoxy groups -OCH3 is 1. The number of piperazine rings is 1. The van der Waals surface area contributed by atoms with Crippen LogP contribution in [0.25, 0.3) is 0 Å². The Morgan fingerprint density at radius 3 is 2.21 bits per heavy atom. The van der Waals surface area contributed by atoms with Crippen molar-refractivity contribution in [3.05, 3.63) is 23.3 Å². The van der Waals surface area contributed by atoms with Crippen molar-refractivity contribution < 1.29 is 13.2 Å². The van der Waals surface area contributed by atoms with Crippen LogP contribution in [0.3, 0.4) is 0 Å². The third kappa shape index (κ3) is 4.29. The Balaban J connectivity index is 2.14. The molecule has 0 amide bonds. The van der Waals surface area contributed by atoms with E-state index in [9.17, 15) is 8.42 Å². The molecule has 0 spiro atoms. The van der Waals surface area contributed by atoms with Gasteiger partial charge in [0.15, 0.2) is 0 Å². The topological polar surface area (TPSA) is 49.9 Å². The van der Waals surface area contributed by atoms with Crippen LogP contribution in [0.5, 0.6) is 5.75 Å². The lowest BCUT2D eigenvalue weighted by atomic mass is 10.1. The summed E-state index contributed by atoms with van der Waals surface area (Å²) in [4.78, 5) is 2.63. The van der Waals surface area contributed by atoms with Crippen LogP contribution in [0, 0.1) is 19.8 Å². The highest BCUT2D eigenvalue weighted by atomic mass is 32.2. The van der Waals surface area contributed by atoms with E-state index in [1.54, 1.807) is 16.4 Å². The molecular formula is C18H30N2O3S. The SMILES string of the molecule is COc1cc(C)c(C)cc1S(=O)(=O)N1CCN(CCC(C)C)CC1. The van der Waals surface area contributed by atoms with Gasteiger partial charge in [-0.15, -0.1) is 0 Å². The summed E-state index contributed by atoms with van der Waals surface area (Å²) in [5, 5.41) is 0. The fourth-order valence-electron chi connectivity index (χ4n) is 2.90. The van der Waals surface area contributed by atoms with Crippen molar-refractivity contribution in [1.29, 1.82) is 0 Å². The van der Waals surface area contributed by atoms with E-state index in [0.29, 0.717) is 24.8 Å². The summed E-state index contributed by atoms with van der Waals surface area (Å²) >= 11 is 0. The van der Waals surface area contributed by atoms with Gasteiger partial charge in [-0.25, -0.2) is 8.42 Å². The molecule has 1 aliphatic heterocycles. The van der Waals surface area contributed by atoms with Gasteiger partial charge >= 0.3 is 0 Å². The standard InChI is InChI=1S/C18H30N2O3S/c1-14(2)6-7-19-8-10-20(11-9-19)24(21,22)18-13-16(4)15(3)12-17(18)23-5/h12-14H,6-11H2,1-5H3. The third-order valence-corrected chi connectivity index (χ3v) is 6.67.